The molecule has 3 aromatic rings. The van der Waals surface area contributed by atoms with E-state index in [1.165, 1.54) is 22.1 Å². The Morgan fingerprint density at radius 1 is 1.12 bits per heavy atom. The van der Waals surface area contributed by atoms with E-state index in [1.807, 2.05) is 30.3 Å². The number of benzene rings is 2. The van der Waals surface area contributed by atoms with Crippen molar-refractivity contribution in [3.63, 3.8) is 0 Å². The number of hydrogen-bond donors (Lipinski definition) is 1. The number of carbonyl (C=O) groups is 1. The van der Waals surface area contributed by atoms with Crippen molar-refractivity contribution in [3.8, 4) is 11.4 Å². The van der Waals surface area contributed by atoms with Crippen LogP contribution in [0.2, 0.25) is 0 Å². The number of ether oxygens (including phenoxy) is 1. The SMILES string of the molecule is CCOc1ccc(NC(=O)CSc2ncn(-c3ccccc3)n2)cc1S(=O)(=O)N(CC)CC. The van der Waals surface area contributed by atoms with Crippen molar-refractivity contribution < 1.29 is 17.9 Å². The van der Waals surface area contributed by atoms with Gasteiger partial charge in [0.25, 0.3) is 0 Å². The van der Waals surface area contributed by atoms with Crippen LogP contribution in [-0.4, -0.2) is 58.8 Å². The zero-order valence-electron chi connectivity index (χ0n) is 18.8. The Hall–Kier alpha value is -2.89. The van der Waals surface area contributed by atoms with Gasteiger partial charge in [-0.15, -0.1) is 5.10 Å². The quantitative estimate of drug-likeness (QED) is 0.411. The van der Waals surface area contributed by atoms with Crippen LogP contribution >= 0.6 is 11.8 Å². The number of para-hydroxylation sites is 1. The molecule has 0 bridgehead atoms. The number of nitrogens with zero attached hydrogens (tertiary/aromatic N) is 4. The summed E-state index contributed by atoms with van der Waals surface area (Å²) >= 11 is 1.19. The summed E-state index contributed by atoms with van der Waals surface area (Å²) in [5.41, 5.74) is 1.25. The van der Waals surface area contributed by atoms with Crippen LogP contribution in [0.25, 0.3) is 5.69 Å². The molecule has 1 aromatic heterocycles. The smallest absolute Gasteiger partial charge is 0.246 e. The Bertz CT molecular complexity index is 1180. The van der Waals surface area contributed by atoms with Crippen molar-refractivity contribution in [3.05, 3.63) is 54.9 Å². The van der Waals surface area contributed by atoms with Gasteiger partial charge in [-0.1, -0.05) is 43.8 Å². The molecule has 0 fully saturated rings. The van der Waals surface area contributed by atoms with Crippen LogP contribution < -0.4 is 10.1 Å². The molecule has 11 heteroatoms. The molecule has 1 N–H and O–H groups in total. The number of sulfonamides is 1. The van der Waals surface area contributed by atoms with Gasteiger partial charge in [-0.3, -0.25) is 4.79 Å². The van der Waals surface area contributed by atoms with Crippen LogP contribution in [0, 0.1) is 0 Å². The largest absolute Gasteiger partial charge is 0.492 e. The molecule has 0 saturated heterocycles. The van der Waals surface area contributed by atoms with Gasteiger partial charge < -0.3 is 10.1 Å². The van der Waals surface area contributed by atoms with Crippen LogP contribution in [0.4, 0.5) is 5.69 Å². The minimum atomic E-state index is -3.76. The highest BCUT2D eigenvalue weighted by molar-refractivity contribution is 7.99. The van der Waals surface area contributed by atoms with Crippen molar-refractivity contribution in [1.29, 1.82) is 0 Å². The Morgan fingerprint density at radius 3 is 2.52 bits per heavy atom. The number of nitrogens with one attached hydrogen (secondary N) is 1. The molecular weight excluding hydrogens is 462 g/mol. The second-order valence-corrected chi connectivity index (χ2v) is 9.68. The van der Waals surface area contributed by atoms with Gasteiger partial charge in [0.2, 0.25) is 21.1 Å². The van der Waals surface area contributed by atoms with Gasteiger partial charge in [-0.25, -0.2) is 18.1 Å². The molecule has 0 atom stereocenters. The highest BCUT2D eigenvalue weighted by Gasteiger charge is 2.26. The number of hydrogen-bond acceptors (Lipinski definition) is 7. The number of thioether (sulfide) groups is 1. The van der Waals surface area contributed by atoms with Crippen molar-refractivity contribution >= 4 is 33.4 Å². The van der Waals surface area contributed by atoms with E-state index < -0.39 is 10.0 Å². The summed E-state index contributed by atoms with van der Waals surface area (Å²) in [7, 11) is -3.76. The van der Waals surface area contributed by atoms with Gasteiger partial charge in [0.15, 0.2) is 0 Å². The molecule has 2 aromatic carbocycles. The van der Waals surface area contributed by atoms with E-state index in [-0.39, 0.29) is 22.3 Å². The fourth-order valence-corrected chi connectivity index (χ4v) is 5.33. The first-order valence-corrected chi connectivity index (χ1v) is 13.0. The highest BCUT2D eigenvalue weighted by Crippen LogP contribution is 2.30. The van der Waals surface area contributed by atoms with Crippen LogP contribution in [0.1, 0.15) is 20.8 Å². The predicted molar refractivity (Wildman–Crippen MR) is 128 cm³/mol. The monoisotopic (exact) mass is 489 g/mol. The van der Waals surface area contributed by atoms with Gasteiger partial charge in [0, 0.05) is 18.8 Å². The zero-order valence-corrected chi connectivity index (χ0v) is 20.4. The topological polar surface area (TPSA) is 106 Å². The molecule has 176 valence electrons. The molecule has 1 heterocycles. The molecule has 9 nitrogen and oxygen atoms in total. The maximum atomic E-state index is 13.1. The minimum absolute atomic E-state index is 0.0294. The summed E-state index contributed by atoms with van der Waals surface area (Å²) in [6.07, 6.45) is 1.59. The fourth-order valence-electron chi connectivity index (χ4n) is 3.11. The minimum Gasteiger partial charge on any atom is -0.492 e. The molecule has 0 aliphatic carbocycles. The lowest BCUT2D eigenvalue weighted by Gasteiger charge is -2.21. The molecule has 0 aliphatic rings. The third kappa shape index (κ3) is 6.12. The highest BCUT2D eigenvalue weighted by atomic mass is 32.2. The van der Waals surface area contributed by atoms with Crippen LogP contribution in [0.15, 0.2) is 64.9 Å². The summed E-state index contributed by atoms with van der Waals surface area (Å²) in [5, 5.41) is 7.57. The van der Waals surface area contributed by atoms with E-state index in [0.29, 0.717) is 30.5 Å². The first-order chi connectivity index (χ1) is 15.9. The van der Waals surface area contributed by atoms with Crippen molar-refractivity contribution in [2.45, 2.75) is 30.8 Å². The average Bonchev–Trinajstić information content (AvgIpc) is 3.29. The van der Waals surface area contributed by atoms with E-state index in [9.17, 15) is 13.2 Å². The second kappa shape index (κ2) is 11.3. The van der Waals surface area contributed by atoms with E-state index in [4.69, 9.17) is 4.74 Å². The molecule has 0 saturated carbocycles. The number of aromatic nitrogens is 3. The summed E-state index contributed by atoms with van der Waals surface area (Å²) < 4.78 is 34.6. The fraction of sp³-hybridized carbons (Fsp3) is 0.318. The number of rotatable bonds is 11. The lowest BCUT2D eigenvalue weighted by Crippen LogP contribution is -2.31. The molecular formula is C22H27N5O4S2. The Kier molecular flexibility index (Phi) is 8.48. The van der Waals surface area contributed by atoms with Crippen molar-refractivity contribution in [2.24, 2.45) is 0 Å². The summed E-state index contributed by atoms with van der Waals surface area (Å²) in [6.45, 7) is 6.33. The lowest BCUT2D eigenvalue weighted by atomic mass is 10.3. The van der Waals surface area contributed by atoms with Gasteiger partial charge in [-0.05, 0) is 37.3 Å². The zero-order chi connectivity index (χ0) is 23.8. The van der Waals surface area contributed by atoms with E-state index in [1.54, 1.807) is 43.9 Å². The Balaban J connectivity index is 1.70. The predicted octanol–water partition coefficient (Wildman–Crippen LogP) is 3.43. The molecule has 0 spiro atoms. The first-order valence-electron chi connectivity index (χ1n) is 10.6. The van der Waals surface area contributed by atoms with Crippen LogP contribution in [0.5, 0.6) is 5.75 Å². The molecule has 0 aliphatic heterocycles. The summed E-state index contributed by atoms with van der Waals surface area (Å²) in [6, 6.07) is 14.2. The van der Waals surface area contributed by atoms with Crippen molar-refractivity contribution in [1.82, 2.24) is 19.1 Å². The van der Waals surface area contributed by atoms with Crippen molar-refractivity contribution in [2.75, 3.05) is 30.8 Å². The maximum absolute atomic E-state index is 13.1. The number of anilines is 1. The second-order valence-electron chi connectivity index (χ2n) is 6.83. The Morgan fingerprint density at radius 2 is 1.85 bits per heavy atom. The van der Waals surface area contributed by atoms with Gasteiger partial charge >= 0.3 is 0 Å². The molecule has 33 heavy (non-hydrogen) atoms. The summed E-state index contributed by atoms with van der Waals surface area (Å²) in [4.78, 5) is 16.7. The van der Waals surface area contributed by atoms with E-state index in [0.717, 1.165) is 5.69 Å². The summed E-state index contributed by atoms with van der Waals surface area (Å²) in [5.74, 6) is 0.0308. The van der Waals surface area contributed by atoms with E-state index >= 15 is 0 Å². The van der Waals surface area contributed by atoms with E-state index in [2.05, 4.69) is 15.4 Å². The van der Waals surface area contributed by atoms with Gasteiger partial charge in [-0.2, -0.15) is 4.31 Å². The molecule has 0 radical (unpaired) electrons. The molecule has 1 amide bonds. The standard InChI is InChI=1S/C22H27N5O4S2/c1-4-26(5-2)33(29,30)20-14-17(12-13-19(20)31-6-3)24-21(28)15-32-22-23-16-27(25-22)18-10-8-7-9-11-18/h7-14,16H,4-6,15H2,1-3H3,(H,24,28). The number of carbonyl (C=O) groups excluding carboxylic acids is 1. The first kappa shape index (κ1) is 24.7. The van der Waals surface area contributed by atoms with Gasteiger partial charge in [0.1, 0.15) is 17.0 Å². The average molecular weight is 490 g/mol. The molecule has 0 unspecified atom stereocenters. The van der Waals surface area contributed by atoms with Crippen LogP contribution in [0.3, 0.4) is 0 Å². The maximum Gasteiger partial charge on any atom is 0.246 e. The van der Waals surface area contributed by atoms with Gasteiger partial charge in [0.05, 0.1) is 18.0 Å². The third-order valence-electron chi connectivity index (χ3n) is 4.67. The normalized spacial score (nSPS) is 11.5. The molecule has 3 rings (SSSR count). The lowest BCUT2D eigenvalue weighted by molar-refractivity contribution is -0.113. The Labute approximate surface area is 198 Å². The van der Waals surface area contributed by atoms with Crippen LogP contribution in [-0.2, 0) is 14.8 Å². The third-order valence-corrected chi connectivity index (χ3v) is 7.60. The number of amides is 1.